The molecule has 1 atom stereocenters. The lowest BCUT2D eigenvalue weighted by Gasteiger charge is -2.28. The zero-order chi connectivity index (χ0) is 19.9. The highest BCUT2D eigenvalue weighted by atomic mass is 31.2. The van der Waals surface area contributed by atoms with Crippen molar-refractivity contribution in [2.24, 2.45) is 0 Å². The van der Waals surface area contributed by atoms with Gasteiger partial charge in [-0.05, 0) is 41.3 Å². The van der Waals surface area contributed by atoms with Gasteiger partial charge < -0.3 is 9.88 Å². The second-order valence-corrected chi connectivity index (χ2v) is 12.8. The van der Waals surface area contributed by atoms with Gasteiger partial charge in [0.15, 0.2) is 7.14 Å². The van der Waals surface area contributed by atoms with E-state index in [1.807, 2.05) is 0 Å². The maximum absolute atomic E-state index is 14.5. The highest BCUT2D eigenvalue weighted by molar-refractivity contribution is 7.79. The molecule has 1 N–H and O–H groups in total. The topological polar surface area (TPSA) is 29.1 Å². The van der Waals surface area contributed by atoms with Crippen LogP contribution >= 0.6 is 7.14 Å². The standard InChI is InChI=1S/C24H34NOP/c1-23(2,3)18-9-13-20(14-10-18)27(26,22-8-7-17-25-22)21-15-11-19(12-16-21)24(4,5)6/h9-16,22,25H,7-8,17H2,1-6H3. The Hall–Kier alpha value is -1.37. The van der Waals surface area contributed by atoms with E-state index in [9.17, 15) is 4.57 Å². The number of benzene rings is 2. The summed E-state index contributed by atoms with van der Waals surface area (Å²) in [5.74, 6) is 0.0403. The summed E-state index contributed by atoms with van der Waals surface area (Å²) >= 11 is 0. The van der Waals surface area contributed by atoms with Crippen molar-refractivity contribution >= 4 is 17.8 Å². The van der Waals surface area contributed by atoms with Gasteiger partial charge in [0.05, 0.1) is 5.78 Å². The summed E-state index contributed by atoms with van der Waals surface area (Å²) in [7, 11) is -2.73. The first-order valence-corrected chi connectivity index (χ1v) is 11.9. The summed E-state index contributed by atoms with van der Waals surface area (Å²) in [6.45, 7) is 14.2. The van der Waals surface area contributed by atoms with E-state index < -0.39 is 7.14 Å². The minimum Gasteiger partial charge on any atom is -0.312 e. The molecule has 3 heteroatoms. The number of nitrogens with one attached hydrogen (secondary N) is 1. The zero-order valence-electron chi connectivity index (χ0n) is 17.7. The lowest BCUT2D eigenvalue weighted by molar-refractivity contribution is 0.571. The minimum absolute atomic E-state index is 0.0403. The molecular formula is C24H34NOP. The first kappa shape index (κ1) is 20.4. The third kappa shape index (κ3) is 4.08. The predicted octanol–water partition coefficient (Wildman–Crippen LogP) is 5.31. The summed E-state index contributed by atoms with van der Waals surface area (Å²) < 4.78 is 14.5. The van der Waals surface area contributed by atoms with Crippen molar-refractivity contribution in [2.45, 2.75) is 71.0 Å². The molecule has 1 heterocycles. The Morgan fingerprint density at radius 2 is 1.19 bits per heavy atom. The first-order valence-electron chi connectivity index (χ1n) is 10.1. The quantitative estimate of drug-likeness (QED) is 0.728. The van der Waals surface area contributed by atoms with Gasteiger partial charge in [-0.3, -0.25) is 0 Å². The van der Waals surface area contributed by atoms with Gasteiger partial charge in [0.1, 0.15) is 0 Å². The molecule has 2 aromatic carbocycles. The molecule has 0 radical (unpaired) electrons. The second kappa shape index (κ2) is 7.22. The Labute approximate surface area is 165 Å². The van der Waals surface area contributed by atoms with E-state index in [1.54, 1.807) is 0 Å². The maximum atomic E-state index is 14.5. The van der Waals surface area contributed by atoms with Crippen molar-refractivity contribution in [1.82, 2.24) is 5.32 Å². The van der Waals surface area contributed by atoms with Crippen molar-refractivity contribution in [3.8, 4) is 0 Å². The van der Waals surface area contributed by atoms with Crippen LogP contribution in [0.25, 0.3) is 0 Å². The fourth-order valence-electron chi connectivity index (χ4n) is 3.85. The summed E-state index contributed by atoms with van der Waals surface area (Å²) in [6, 6.07) is 17.0. The fraction of sp³-hybridized carbons (Fsp3) is 0.500. The molecule has 3 rings (SSSR count). The van der Waals surface area contributed by atoms with E-state index in [1.165, 1.54) is 11.1 Å². The van der Waals surface area contributed by atoms with E-state index in [-0.39, 0.29) is 16.6 Å². The molecule has 1 saturated heterocycles. The first-order chi connectivity index (χ1) is 12.5. The second-order valence-electron chi connectivity index (χ2n) is 9.86. The minimum atomic E-state index is -2.73. The van der Waals surface area contributed by atoms with Gasteiger partial charge in [-0.1, -0.05) is 90.1 Å². The molecule has 1 aliphatic rings. The van der Waals surface area contributed by atoms with E-state index in [2.05, 4.69) is 95.4 Å². The molecule has 0 amide bonds. The van der Waals surface area contributed by atoms with Crippen LogP contribution in [0, 0.1) is 0 Å². The molecule has 0 saturated carbocycles. The van der Waals surface area contributed by atoms with Crippen LogP contribution in [0.1, 0.15) is 65.5 Å². The molecule has 2 aromatic rings. The van der Waals surface area contributed by atoms with Gasteiger partial charge in [0.25, 0.3) is 0 Å². The van der Waals surface area contributed by atoms with Gasteiger partial charge in [-0.2, -0.15) is 0 Å². The van der Waals surface area contributed by atoms with Gasteiger partial charge in [-0.15, -0.1) is 0 Å². The van der Waals surface area contributed by atoms with Gasteiger partial charge in [0.2, 0.25) is 0 Å². The van der Waals surface area contributed by atoms with Gasteiger partial charge >= 0.3 is 0 Å². The van der Waals surface area contributed by atoms with Crippen molar-refractivity contribution in [1.29, 1.82) is 0 Å². The SMILES string of the molecule is CC(C)(C)c1ccc(P(=O)(c2ccc(C(C)(C)C)cc2)C2CCCN2)cc1. The zero-order valence-corrected chi connectivity index (χ0v) is 18.6. The predicted molar refractivity (Wildman–Crippen MR) is 118 cm³/mol. The third-order valence-electron chi connectivity index (χ3n) is 5.71. The van der Waals surface area contributed by atoms with E-state index in [0.717, 1.165) is 30.0 Å². The Morgan fingerprint density at radius 1 is 0.778 bits per heavy atom. The average Bonchev–Trinajstić information content (AvgIpc) is 3.15. The molecule has 0 spiro atoms. The van der Waals surface area contributed by atoms with Crippen LogP contribution in [0.5, 0.6) is 0 Å². The number of hydrogen-bond donors (Lipinski definition) is 1. The summed E-state index contributed by atoms with van der Waals surface area (Å²) in [6.07, 6.45) is 2.06. The molecule has 0 aliphatic carbocycles. The average molecular weight is 384 g/mol. The molecule has 0 aromatic heterocycles. The van der Waals surface area contributed by atoms with Gasteiger partial charge in [-0.25, -0.2) is 0 Å². The van der Waals surface area contributed by atoms with E-state index in [4.69, 9.17) is 0 Å². The monoisotopic (exact) mass is 383 g/mol. The van der Waals surface area contributed by atoms with Crippen LogP contribution in [0.3, 0.4) is 0 Å². The van der Waals surface area contributed by atoms with Crippen LogP contribution in [0.4, 0.5) is 0 Å². The molecule has 0 bridgehead atoms. The molecule has 1 unspecified atom stereocenters. The lowest BCUT2D eigenvalue weighted by Crippen LogP contribution is -2.32. The summed E-state index contributed by atoms with van der Waals surface area (Å²) in [5, 5.41) is 5.46. The highest BCUT2D eigenvalue weighted by Gasteiger charge is 2.38. The van der Waals surface area contributed by atoms with E-state index in [0.29, 0.717) is 0 Å². The van der Waals surface area contributed by atoms with Crippen molar-refractivity contribution in [2.75, 3.05) is 6.54 Å². The van der Waals surface area contributed by atoms with Crippen LogP contribution in [-0.4, -0.2) is 12.3 Å². The molecule has 2 nitrogen and oxygen atoms in total. The van der Waals surface area contributed by atoms with Gasteiger partial charge in [0, 0.05) is 10.6 Å². The Kier molecular flexibility index (Phi) is 5.45. The Bertz CT molecular complexity index is 755. The third-order valence-corrected chi connectivity index (χ3v) is 9.16. The number of rotatable bonds is 3. The number of hydrogen-bond acceptors (Lipinski definition) is 2. The van der Waals surface area contributed by atoms with Crippen LogP contribution < -0.4 is 15.9 Å². The van der Waals surface area contributed by atoms with Crippen LogP contribution in [-0.2, 0) is 15.4 Å². The van der Waals surface area contributed by atoms with Crippen LogP contribution in [0.2, 0.25) is 0 Å². The van der Waals surface area contributed by atoms with Crippen molar-refractivity contribution in [3.63, 3.8) is 0 Å². The summed E-state index contributed by atoms with van der Waals surface area (Å²) in [5.41, 5.74) is 2.76. The smallest absolute Gasteiger partial charge is 0.159 e. The van der Waals surface area contributed by atoms with E-state index >= 15 is 0 Å². The van der Waals surface area contributed by atoms with Crippen LogP contribution in [0.15, 0.2) is 48.5 Å². The molecular weight excluding hydrogens is 349 g/mol. The fourth-order valence-corrected chi connectivity index (χ4v) is 6.99. The molecule has 27 heavy (non-hydrogen) atoms. The Morgan fingerprint density at radius 3 is 1.48 bits per heavy atom. The summed E-state index contributed by atoms with van der Waals surface area (Å²) in [4.78, 5) is 0. The molecule has 1 fully saturated rings. The molecule has 1 aliphatic heterocycles. The highest BCUT2D eigenvalue weighted by Crippen LogP contribution is 2.50. The van der Waals surface area contributed by atoms with Crippen molar-refractivity contribution in [3.05, 3.63) is 59.7 Å². The maximum Gasteiger partial charge on any atom is 0.159 e. The Balaban J connectivity index is 2.06. The largest absolute Gasteiger partial charge is 0.312 e. The normalized spacial score (nSPS) is 18.7. The molecule has 146 valence electrons. The van der Waals surface area contributed by atoms with Crippen molar-refractivity contribution < 1.29 is 4.57 Å². The lowest BCUT2D eigenvalue weighted by atomic mass is 9.87.